The van der Waals surface area contributed by atoms with Crippen molar-refractivity contribution in [3.8, 4) is 0 Å². The van der Waals surface area contributed by atoms with Gasteiger partial charge in [-0.1, -0.05) is 6.07 Å². The monoisotopic (exact) mass is 397 g/mol. The molecule has 0 aliphatic carbocycles. The molecular formula is C18H21F2N3O3S. The van der Waals surface area contributed by atoms with E-state index in [1.165, 1.54) is 24.3 Å². The van der Waals surface area contributed by atoms with Crippen LogP contribution in [0.4, 0.5) is 14.5 Å². The van der Waals surface area contributed by atoms with Crippen LogP contribution in [0.3, 0.4) is 0 Å². The van der Waals surface area contributed by atoms with E-state index in [9.17, 15) is 22.0 Å². The van der Waals surface area contributed by atoms with Gasteiger partial charge in [0.25, 0.3) is 15.9 Å². The minimum Gasteiger partial charge on any atom is -0.352 e. The lowest BCUT2D eigenvalue weighted by atomic mass is 10.2. The van der Waals surface area contributed by atoms with Crippen LogP contribution in [0.5, 0.6) is 0 Å². The molecule has 27 heavy (non-hydrogen) atoms. The highest BCUT2D eigenvalue weighted by Crippen LogP contribution is 2.20. The predicted molar refractivity (Wildman–Crippen MR) is 99.1 cm³/mol. The number of hydrogen-bond acceptors (Lipinski definition) is 4. The molecule has 0 aliphatic heterocycles. The van der Waals surface area contributed by atoms with Crippen LogP contribution in [0.2, 0.25) is 0 Å². The molecule has 0 bridgehead atoms. The van der Waals surface area contributed by atoms with Crippen molar-refractivity contribution in [3.63, 3.8) is 0 Å². The SMILES string of the molecule is CN(C)CCCNC(=O)c1cccc(S(=O)(=O)Nc2ccc(F)cc2F)c1. The van der Waals surface area contributed by atoms with Crippen molar-refractivity contribution in [2.45, 2.75) is 11.3 Å². The van der Waals surface area contributed by atoms with Gasteiger partial charge < -0.3 is 10.2 Å². The highest BCUT2D eigenvalue weighted by molar-refractivity contribution is 7.92. The molecule has 0 atom stereocenters. The van der Waals surface area contributed by atoms with Crippen LogP contribution >= 0.6 is 0 Å². The van der Waals surface area contributed by atoms with Crippen LogP contribution in [0.15, 0.2) is 47.4 Å². The van der Waals surface area contributed by atoms with E-state index in [0.717, 1.165) is 25.1 Å². The van der Waals surface area contributed by atoms with Gasteiger partial charge >= 0.3 is 0 Å². The third-order valence-corrected chi connectivity index (χ3v) is 5.01. The van der Waals surface area contributed by atoms with Crippen molar-refractivity contribution in [2.24, 2.45) is 0 Å². The third kappa shape index (κ3) is 6.00. The maximum absolute atomic E-state index is 13.7. The summed E-state index contributed by atoms with van der Waals surface area (Å²) in [6.07, 6.45) is 0.752. The molecule has 0 radical (unpaired) electrons. The first kappa shape index (κ1) is 20.8. The lowest BCUT2D eigenvalue weighted by Gasteiger charge is -2.11. The molecule has 6 nitrogen and oxygen atoms in total. The predicted octanol–water partition coefficient (Wildman–Crippen LogP) is 2.45. The third-order valence-electron chi connectivity index (χ3n) is 3.65. The summed E-state index contributed by atoms with van der Waals surface area (Å²) in [6, 6.07) is 7.90. The molecule has 2 aromatic rings. The van der Waals surface area contributed by atoms with Crippen LogP contribution in [0, 0.1) is 11.6 Å². The van der Waals surface area contributed by atoms with E-state index >= 15 is 0 Å². The molecule has 0 aliphatic rings. The molecule has 0 saturated carbocycles. The number of anilines is 1. The Morgan fingerprint density at radius 2 is 1.85 bits per heavy atom. The summed E-state index contributed by atoms with van der Waals surface area (Å²) < 4.78 is 53.6. The Kier molecular flexibility index (Phi) is 6.86. The first-order valence-corrected chi connectivity index (χ1v) is 9.68. The Labute approximate surface area is 157 Å². The Balaban J connectivity index is 2.11. The molecule has 0 unspecified atom stereocenters. The van der Waals surface area contributed by atoms with E-state index in [4.69, 9.17) is 0 Å². The van der Waals surface area contributed by atoms with Gasteiger partial charge in [0.05, 0.1) is 10.6 Å². The standard InChI is InChI=1S/C18H21F2N3O3S/c1-23(2)10-4-9-21-18(24)13-5-3-6-15(11-13)27(25,26)22-17-8-7-14(19)12-16(17)20/h3,5-8,11-12,22H,4,9-10H2,1-2H3,(H,21,24). The Hall–Kier alpha value is -2.52. The molecule has 146 valence electrons. The van der Waals surface area contributed by atoms with Crippen LogP contribution in [0.25, 0.3) is 0 Å². The fourth-order valence-corrected chi connectivity index (χ4v) is 3.39. The highest BCUT2D eigenvalue weighted by atomic mass is 32.2. The molecule has 2 rings (SSSR count). The number of rotatable bonds is 8. The Morgan fingerprint density at radius 1 is 1.11 bits per heavy atom. The van der Waals surface area contributed by atoms with Gasteiger partial charge in [-0.15, -0.1) is 0 Å². The van der Waals surface area contributed by atoms with Gasteiger partial charge in [0.15, 0.2) is 0 Å². The fourth-order valence-electron chi connectivity index (χ4n) is 2.28. The van der Waals surface area contributed by atoms with Gasteiger partial charge in [-0.05, 0) is 57.4 Å². The lowest BCUT2D eigenvalue weighted by Crippen LogP contribution is -2.27. The number of nitrogens with one attached hydrogen (secondary N) is 2. The number of benzene rings is 2. The summed E-state index contributed by atoms with van der Waals surface area (Å²) in [5.74, 6) is -2.25. The average Bonchev–Trinajstić information content (AvgIpc) is 2.61. The first-order valence-electron chi connectivity index (χ1n) is 8.20. The molecule has 9 heteroatoms. The maximum atomic E-state index is 13.7. The smallest absolute Gasteiger partial charge is 0.262 e. The van der Waals surface area contributed by atoms with Gasteiger partial charge in [-0.2, -0.15) is 0 Å². The molecule has 0 heterocycles. The largest absolute Gasteiger partial charge is 0.352 e. The first-order chi connectivity index (χ1) is 12.7. The van der Waals surface area contributed by atoms with E-state index in [2.05, 4.69) is 10.0 Å². The molecule has 2 aromatic carbocycles. The summed E-state index contributed by atoms with van der Waals surface area (Å²) in [6.45, 7) is 1.26. The van der Waals surface area contributed by atoms with E-state index in [0.29, 0.717) is 12.6 Å². The van der Waals surface area contributed by atoms with Crippen LogP contribution in [-0.2, 0) is 10.0 Å². The Bertz CT molecular complexity index is 918. The van der Waals surface area contributed by atoms with Crippen molar-refractivity contribution in [1.82, 2.24) is 10.2 Å². The molecular weight excluding hydrogens is 376 g/mol. The quantitative estimate of drug-likeness (QED) is 0.671. The second-order valence-electron chi connectivity index (χ2n) is 6.17. The Morgan fingerprint density at radius 3 is 2.52 bits per heavy atom. The second-order valence-corrected chi connectivity index (χ2v) is 7.85. The van der Waals surface area contributed by atoms with Gasteiger partial charge in [-0.25, -0.2) is 17.2 Å². The summed E-state index contributed by atoms with van der Waals surface area (Å²) >= 11 is 0. The number of sulfonamides is 1. The highest BCUT2D eigenvalue weighted by Gasteiger charge is 2.18. The molecule has 0 saturated heterocycles. The molecule has 0 fully saturated rings. The lowest BCUT2D eigenvalue weighted by molar-refractivity contribution is 0.0952. The number of nitrogens with zero attached hydrogens (tertiary/aromatic N) is 1. The van der Waals surface area contributed by atoms with E-state index in [-0.39, 0.29) is 16.1 Å². The summed E-state index contributed by atoms with van der Waals surface area (Å²) in [5, 5.41) is 2.72. The fraction of sp³-hybridized carbons (Fsp3) is 0.278. The van der Waals surface area contributed by atoms with Crippen molar-refractivity contribution in [2.75, 3.05) is 31.9 Å². The minimum absolute atomic E-state index is 0.169. The molecule has 2 N–H and O–H groups in total. The maximum Gasteiger partial charge on any atom is 0.262 e. The van der Waals surface area contributed by atoms with Crippen molar-refractivity contribution in [3.05, 3.63) is 59.7 Å². The number of hydrogen-bond donors (Lipinski definition) is 2. The number of halogens is 2. The zero-order chi connectivity index (χ0) is 20.0. The molecule has 1 amide bonds. The number of carbonyl (C=O) groups excluding carboxylic acids is 1. The van der Waals surface area contributed by atoms with E-state index in [1.807, 2.05) is 19.0 Å². The van der Waals surface area contributed by atoms with Crippen LogP contribution in [-0.4, -0.2) is 46.4 Å². The average molecular weight is 397 g/mol. The number of carbonyl (C=O) groups is 1. The second kappa shape index (κ2) is 8.92. The normalized spacial score (nSPS) is 11.4. The van der Waals surface area contributed by atoms with Crippen molar-refractivity contribution in [1.29, 1.82) is 0 Å². The summed E-state index contributed by atoms with van der Waals surface area (Å²) in [5.41, 5.74) is -0.211. The zero-order valence-corrected chi connectivity index (χ0v) is 15.8. The summed E-state index contributed by atoms with van der Waals surface area (Å²) in [7, 11) is -0.293. The topological polar surface area (TPSA) is 78.5 Å². The van der Waals surface area contributed by atoms with Gasteiger partial charge in [-0.3, -0.25) is 9.52 Å². The van der Waals surface area contributed by atoms with E-state index in [1.54, 1.807) is 0 Å². The van der Waals surface area contributed by atoms with Gasteiger partial charge in [0, 0.05) is 18.2 Å². The molecule has 0 aromatic heterocycles. The van der Waals surface area contributed by atoms with Gasteiger partial charge in [0.2, 0.25) is 0 Å². The van der Waals surface area contributed by atoms with Crippen LogP contribution < -0.4 is 10.0 Å². The van der Waals surface area contributed by atoms with Crippen molar-refractivity contribution >= 4 is 21.6 Å². The van der Waals surface area contributed by atoms with Crippen molar-refractivity contribution < 1.29 is 22.0 Å². The van der Waals surface area contributed by atoms with Gasteiger partial charge in [0.1, 0.15) is 11.6 Å². The van der Waals surface area contributed by atoms with E-state index < -0.39 is 27.6 Å². The zero-order valence-electron chi connectivity index (χ0n) is 15.0. The van der Waals surface area contributed by atoms with Crippen LogP contribution in [0.1, 0.15) is 16.8 Å². The number of amides is 1. The minimum atomic E-state index is -4.14. The summed E-state index contributed by atoms with van der Waals surface area (Å²) in [4.78, 5) is 14.0. The molecule has 0 spiro atoms.